The molecular weight excluding hydrogens is 302 g/mol. The lowest BCUT2D eigenvalue weighted by Gasteiger charge is -2.32. The summed E-state index contributed by atoms with van der Waals surface area (Å²) in [5.74, 6) is -0.965. The van der Waals surface area contributed by atoms with Gasteiger partial charge in [-0.25, -0.2) is 0 Å². The summed E-state index contributed by atoms with van der Waals surface area (Å²) in [5.41, 5.74) is 0.504. The van der Waals surface area contributed by atoms with Crippen LogP contribution in [0.1, 0.15) is 34.6 Å². The quantitative estimate of drug-likeness (QED) is 0.453. The van der Waals surface area contributed by atoms with E-state index in [2.05, 4.69) is 13.2 Å². The zero-order chi connectivity index (χ0) is 17.3. The second-order valence-corrected chi connectivity index (χ2v) is 7.29. The topological polar surface area (TPSA) is 65.1 Å². The van der Waals surface area contributed by atoms with Gasteiger partial charge in [0.1, 0.15) is 0 Å². The Morgan fingerprint density at radius 1 is 0.864 bits per heavy atom. The number of nitrogens with zero attached hydrogens (tertiary/aromatic N) is 1. The minimum absolute atomic E-state index is 0.0556. The maximum absolute atomic E-state index is 12.3. The number of hydrogen-bond donors (Lipinski definition) is 0. The molecule has 7 heteroatoms. The molecule has 0 aromatic carbocycles. The summed E-state index contributed by atoms with van der Waals surface area (Å²) in [6.07, 6.45) is -0.0556. The Kier molecular flexibility index (Phi) is 9.11. The highest BCUT2D eigenvalue weighted by molar-refractivity contribution is 6.61. The van der Waals surface area contributed by atoms with Crippen LogP contribution in [0.3, 0.4) is 0 Å². The summed E-state index contributed by atoms with van der Waals surface area (Å²) in [6.45, 7) is 16.8. The Hall–Kier alpha value is -1.28. The average Bonchev–Trinajstić information content (AvgIpc) is 2.44. The van der Waals surface area contributed by atoms with Crippen molar-refractivity contribution < 1.29 is 22.9 Å². The van der Waals surface area contributed by atoms with Crippen molar-refractivity contribution in [2.45, 2.75) is 34.6 Å². The Morgan fingerprint density at radius 2 is 1.18 bits per heavy atom. The first-order chi connectivity index (χ1) is 10.2. The summed E-state index contributed by atoms with van der Waals surface area (Å²) in [6, 6.07) is 0. The minimum atomic E-state index is -3.17. The third-order valence-corrected chi connectivity index (χ3v) is 5.55. The smallest absolute Gasteiger partial charge is 0.373 e. The maximum atomic E-state index is 12.3. The van der Waals surface area contributed by atoms with Crippen LogP contribution in [0.25, 0.3) is 0 Å². The van der Waals surface area contributed by atoms with Crippen molar-refractivity contribution in [2.24, 2.45) is 0 Å². The Bertz CT molecular complexity index is 393. The fraction of sp³-hybridized carbons (Fsp3) is 0.600. The SMILES string of the molecule is C=C(C)C(=O)N(C[Si](OCC)(OCC)OCC)C(=O)C(=C)C. The van der Waals surface area contributed by atoms with Crippen molar-refractivity contribution in [1.29, 1.82) is 0 Å². The maximum Gasteiger partial charge on any atom is 0.522 e. The molecule has 126 valence electrons. The van der Waals surface area contributed by atoms with Gasteiger partial charge in [-0.3, -0.25) is 14.5 Å². The van der Waals surface area contributed by atoms with Crippen molar-refractivity contribution in [3.63, 3.8) is 0 Å². The summed E-state index contributed by atoms with van der Waals surface area (Å²) >= 11 is 0. The summed E-state index contributed by atoms with van der Waals surface area (Å²) in [4.78, 5) is 25.7. The molecule has 0 saturated carbocycles. The van der Waals surface area contributed by atoms with E-state index in [-0.39, 0.29) is 17.3 Å². The van der Waals surface area contributed by atoms with Crippen molar-refractivity contribution in [1.82, 2.24) is 4.90 Å². The van der Waals surface area contributed by atoms with E-state index in [0.29, 0.717) is 19.8 Å². The molecule has 0 aliphatic heterocycles. The monoisotopic (exact) mass is 329 g/mol. The van der Waals surface area contributed by atoms with Gasteiger partial charge in [-0.2, -0.15) is 0 Å². The van der Waals surface area contributed by atoms with Crippen LogP contribution in [0.15, 0.2) is 24.3 Å². The standard InChI is InChI=1S/C15H27NO5Si/c1-8-19-22(20-9-2,21-10-3)11-16(14(17)12(4)5)15(18)13(6)7/h4,6,8-11H2,1-3,5,7H3. The minimum Gasteiger partial charge on any atom is -0.373 e. The molecule has 0 saturated heterocycles. The van der Waals surface area contributed by atoms with Crippen LogP contribution >= 0.6 is 0 Å². The average molecular weight is 329 g/mol. The summed E-state index contributed by atoms with van der Waals surface area (Å²) < 4.78 is 17.1. The lowest BCUT2D eigenvalue weighted by atomic mass is 10.2. The molecule has 0 N–H and O–H groups in total. The normalized spacial score (nSPS) is 11.1. The fourth-order valence-electron chi connectivity index (χ4n) is 1.81. The lowest BCUT2D eigenvalue weighted by Crippen LogP contribution is -2.58. The van der Waals surface area contributed by atoms with Crippen LogP contribution < -0.4 is 0 Å². The van der Waals surface area contributed by atoms with Crippen LogP contribution in [0.4, 0.5) is 0 Å². The van der Waals surface area contributed by atoms with Gasteiger partial charge in [-0.1, -0.05) is 13.2 Å². The summed E-state index contributed by atoms with van der Waals surface area (Å²) in [7, 11) is -3.17. The first-order valence-corrected chi connectivity index (χ1v) is 9.26. The van der Waals surface area contributed by atoms with Crippen molar-refractivity contribution in [3.05, 3.63) is 24.3 Å². The van der Waals surface area contributed by atoms with Crippen LogP contribution in [-0.2, 0) is 22.9 Å². The van der Waals surface area contributed by atoms with Crippen LogP contribution in [0.2, 0.25) is 0 Å². The van der Waals surface area contributed by atoms with Gasteiger partial charge in [0, 0.05) is 31.0 Å². The first kappa shape index (κ1) is 20.7. The Balaban J connectivity index is 5.59. The highest BCUT2D eigenvalue weighted by Crippen LogP contribution is 2.16. The summed E-state index contributed by atoms with van der Waals surface area (Å²) in [5, 5.41) is 0. The third-order valence-electron chi connectivity index (χ3n) is 2.67. The fourth-order valence-corrected chi connectivity index (χ4v) is 4.33. The molecule has 2 amide bonds. The first-order valence-electron chi connectivity index (χ1n) is 7.33. The molecule has 0 fully saturated rings. The highest BCUT2D eigenvalue weighted by atomic mass is 28.4. The number of carbonyl (C=O) groups is 2. The Labute approximate surface area is 134 Å². The van der Waals surface area contributed by atoms with Gasteiger partial charge in [0.15, 0.2) is 0 Å². The molecule has 0 aromatic heterocycles. The molecule has 0 rings (SSSR count). The molecule has 0 aromatic rings. The van der Waals surface area contributed by atoms with Gasteiger partial charge in [0.2, 0.25) is 0 Å². The number of amides is 2. The zero-order valence-corrected chi connectivity index (χ0v) is 15.2. The molecule has 0 atom stereocenters. The van der Waals surface area contributed by atoms with Crippen LogP contribution in [-0.4, -0.2) is 51.5 Å². The number of rotatable bonds is 10. The largest absolute Gasteiger partial charge is 0.522 e. The number of hydrogen-bond acceptors (Lipinski definition) is 5. The van der Waals surface area contributed by atoms with Gasteiger partial charge in [-0.05, 0) is 34.6 Å². The van der Waals surface area contributed by atoms with Gasteiger partial charge in [-0.15, -0.1) is 0 Å². The Morgan fingerprint density at radius 3 is 1.41 bits per heavy atom. The molecule has 0 heterocycles. The van der Waals surface area contributed by atoms with Gasteiger partial charge in [0.25, 0.3) is 11.8 Å². The van der Waals surface area contributed by atoms with E-state index in [1.807, 2.05) is 20.8 Å². The second-order valence-electron chi connectivity index (χ2n) is 4.74. The van der Waals surface area contributed by atoms with Crippen molar-refractivity contribution in [2.75, 3.05) is 26.0 Å². The molecule has 0 aliphatic carbocycles. The number of imide groups is 1. The van der Waals surface area contributed by atoms with E-state index in [1.165, 1.54) is 0 Å². The number of carbonyl (C=O) groups excluding carboxylic acids is 2. The van der Waals surface area contributed by atoms with E-state index in [9.17, 15) is 9.59 Å². The van der Waals surface area contributed by atoms with E-state index in [4.69, 9.17) is 13.3 Å². The van der Waals surface area contributed by atoms with E-state index >= 15 is 0 Å². The van der Waals surface area contributed by atoms with Crippen molar-refractivity contribution in [3.8, 4) is 0 Å². The molecule has 0 spiro atoms. The van der Waals surface area contributed by atoms with Gasteiger partial charge < -0.3 is 13.3 Å². The predicted molar refractivity (Wildman–Crippen MR) is 87.0 cm³/mol. The molecule has 0 unspecified atom stereocenters. The molecule has 0 radical (unpaired) electrons. The lowest BCUT2D eigenvalue weighted by molar-refractivity contribution is -0.140. The molecule has 0 aliphatic rings. The predicted octanol–water partition coefficient (Wildman–Crippen LogP) is 2.08. The van der Waals surface area contributed by atoms with Gasteiger partial charge in [0.05, 0.1) is 6.17 Å². The van der Waals surface area contributed by atoms with Crippen LogP contribution in [0.5, 0.6) is 0 Å². The van der Waals surface area contributed by atoms with Gasteiger partial charge >= 0.3 is 8.80 Å². The molecule has 6 nitrogen and oxygen atoms in total. The van der Waals surface area contributed by atoms with Crippen LogP contribution in [0, 0.1) is 0 Å². The van der Waals surface area contributed by atoms with E-state index < -0.39 is 20.6 Å². The molecule has 0 bridgehead atoms. The van der Waals surface area contributed by atoms with E-state index in [0.717, 1.165) is 4.90 Å². The van der Waals surface area contributed by atoms with E-state index in [1.54, 1.807) is 13.8 Å². The zero-order valence-electron chi connectivity index (χ0n) is 14.2. The molecule has 22 heavy (non-hydrogen) atoms. The molecular formula is C15H27NO5Si. The highest BCUT2D eigenvalue weighted by Gasteiger charge is 2.45. The third kappa shape index (κ3) is 5.84. The second kappa shape index (κ2) is 9.68. The van der Waals surface area contributed by atoms with Crippen molar-refractivity contribution >= 4 is 20.6 Å².